The molecule has 0 unspecified atom stereocenters. The average Bonchev–Trinajstić information content (AvgIpc) is 2.47. The number of amides is 1. The van der Waals surface area contributed by atoms with Gasteiger partial charge >= 0.3 is 0 Å². The third kappa shape index (κ3) is 1.72. The Labute approximate surface area is 104 Å². The number of rotatable bonds is 0. The van der Waals surface area contributed by atoms with Crippen LogP contribution >= 0.6 is 11.6 Å². The molecule has 0 radical (unpaired) electrons. The number of allylic oxidation sites excluding steroid dienone is 2. The zero-order chi connectivity index (χ0) is 11.8. The fourth-order valence-electron chi connectivity index (χ4n) is 2.10. The van der Waals surface area contributed by atoms with E-state index in [1.807, 2.05) is 18.2 Å². The molecular weight excluding hydrogens is 236 g/mol. The smallest absolute Gasteiger partial charge is 0.253 e. The second-order valence-electron chi connectivity index (χ2n) is 4.07. The molecule has 0 aromatic heterocycles. The monoisotopic (exact) mass is 246 g/mol. The molecule has 1 aromatic carbocycles. The van der Waals surface area contributed by atoms with Gasteiger partial charge in [-0.25, -0.2) is 0 Å². The van der Waals surface area contributed by atoms with Crippen molar-refractivity contribution in [2.75, 3.05) is 10.6 Å². The summed E-state index contributed by atoms with van der Waals surface area (Å²) in [5, 5.41) is 6.73. The lowest BCUT2D eigenvalue weighted by Crippen LogP contribution is -2.15. The molecule has 1 amide bonds. The molecule has 3 nitrogen and oxygen atoms in total. The van der Waals surface area contributed by atoms with E-state index in [0.29, 0.717) is 5.02 Å². The molecule has 0 atom stereocenters. The maximum absolute atomic E-state index is 12.0. The predicted octanol–water partition coefficient (Wildman–Crippen LogP) is 3.31. The molecule has 17 heavy (non-hydrogen) atoms. The van der Waals surface area contributed by atoms with Gasteiger partial charge in [0.05, 0.1) is 16.4 Å². The van der Waals surface area contributed by atoms with E-state index in [9.17, 15) is 4.79 Å². The topological polar surface area (TPSA) is 41.1 Å². The normalized spacial score (nSPS) is 17.8. The summed E-state index contributed by atoms with van der Waals surface area (Å²) in [6, 6.07) is 5.47. The van der Waals surface area contributed by atoms with Gasteiger partial charge in [0.1, 0.15) is 0 Å². The highest BCUT2D eigenvalue weighted by Crippen LogP contribution is 2.36. The van der Waals surface area contributed by atoms with Gasteiger partial charge in [-0.15, -0.1) is 0 Å². The molecule has 3 rings (SSSR count). The fourth-order valence-corrected chi connectivity index (χ4v) is 2.33. The van der Waals surface area contributed by atoms with Crippen molar-refractivity contribution < 1.29 is 4.79 Å². The van der Waals surface area contributed by atoms with Crippen molar-refractivity contribution in [2.45, 2.75) is 12.8 Å². The average molecular weight is 247 g/mol. The summed E-state index contributed by atoms with van der Waals surface area (Å²) in [6.45, 7) is 0. The molecule has 86 valence electrons. The number of nitrogens with one attached hydrogen (secondary N) is 2. The van der Waals surface area contributed by atoms with Crippen LogP contribution in [0.2, 0.25) is 5.02 Å². The Bertz CT molecular complexity index is 561. The largest absolute Gasteiger partial charge is 0.352 e. The first-order valence-corrected chi connectivity index (χ1v) is 5.90. The van der Waals surface area contributed by atoms with Crippen LogP contribution in [0.15, 0.2) is 41.6 Å². The van der Waals surface area contributed by atoms with E-state index in [4.69, 9.17) is 11.6 Å². The van der Waals surface area contributed by atoms with Crippen LogP contribution in [0, 0.1) is 0 Å². The van der Waals surface area contributed by atoms with Gasteiger partial charge in [0.2, 0.25) is 0 Å². The number of benzene rings is 1. The van der Waals surface area contributed by atoms with Gasteiger partial charge in [-0.3, -0.25) is 4.79 Å². The standard InChI is InChI=1S/C13H11ClN2O/c14-9-5-3-7-11-12(9)15-10-6-2-1-4-8(10)13(17)16-11/h2-3,5-7,15H,1,4H2,(H,16,17). The van der Waals surface area contributed by atoms with E-state index in [-0.39, 0.29) is 5.91 Å². The quantitative estimate of drug-likeness (QED) is 0.737. The maximum atomic E-state index is 12.0. The van der Waals surface area contributed by atoms with Gasteiger partial charge in [-0.05, 0) is 31.1 Å². The van der Waals surface area contributed by atoms with Crippen LogP contribution in [-0.4, -0.2) is 5.91 Å². The number of fused-ring (bicyclic) bond motifs is 1. The predicted molar refractivity (Wildman–Crippen MR) is 69.1 cm³/mol. The Morgan fingerprint density at radius 1 is 1.24 bits per heavy atom. The minimum Gasteiger partial charge on any atom is -0.352 e. The van der Waals surface area contributed by atoms with Gasteiger partial charge in [0.15, 0.2) is 0 Å². The van der Waals surface area contributed by atoms with Crippen molar-refractivity contribution in [3.63, 3.8) is 0 Å². The number of anilines is 2. The molecule has 0 saturated heterocycles. The molecule has 4 heteroatoms. The van der Waals surface area contributed by atoms with Crippen LogP contribution in [0.4, 0.5) is 11.4 Å². The third-order valence-corrected chi connectivity index (χ3v) is 3.28. The number of halogens is 1. The number of hydrogen-bond acceptors (Lipinski definition) is 2. The minimum atomic E-state index is -0.0436. The lowest BCUT2D eigenvalue weighted by Gasteiger charge is -2.13. The summed E-state index contributed by atoms with van der Waals surface area (Å²) >= 11 is 6.13. The first kappa shape index (κ1) is 10.4. The van der Waals surface area contributed by atoms with Crippen LogP contribution in [-0.2, 0) is 4.79 Å². The summed E-state index contributed by atoms with van der Waals surface area (Å²) < 4.78 is 0. The van der Waals surface area contributed by atoms with Gasteiger partial charge in [-0.1, -0.05) is 23.7 Å². The van der Waals surface area contributed by atoms with E-state index >= 15 is 0 Å². The summed E-state index contributed by atoms with van der Waals surface area (Å²) in [7, 11) is 0. The highest BCUT2D eigenvalue weighted by molar-refractivity contribution is 6.34. The summed E-state index contributed by atoms with van der Waals surface area (Å²) in [5.41, 5.74) is 3.13. The zero-order valence-corrected chi connectivity index (χ0v) is 9.84. The Kier molecular flexibility index (Phi) is 2.41. The molecule has 2 aliphatic rings. The summed E-state index contributed by atoms with van der Waals surface area (Å²) in [4.78, 5) is 12.0. The first-order chi connectivity index (χ1) is 8.25. The van der Waals surface area contributed by atoms with Gasteiger partial charge in [-0.2, -0.15) is 0 Å². The molecular formula is C13H11ClN2O. The highest BCUT2D eigenvalue weighted by atomic mass is 35.5. The molecule has 0 spiro atoms. The van der Waals surface area contributed by atoms with E-state index in [2.05, 4.69) is 16.7 Å². The minimum absolute atomic E-state index is 0.0436. The van der Waals surface area contributed by atoms with Crippen molar-refractivity contribution in [2.24, 2.45) is 0 Å². The van der Waals surface area contributed by atoms with Gasteiger partial charge in [0.25, 0.3) is 5.91 Å². The Hall–Kier alpha value is -1.74. The second-order valence-corrected chi connectivity index (χ2v) is 4.48. The van der Waals surface area contributed by atoms with Crippen LogP contribution in [0.25, 0.3) is 0 Å². The van der Waals surface area contributed by atoms with Crippen molar-refractivity contribution >= 4 is 28.9 Å². The number of carbonyl (C=O) groups excluding carboxylic acids is 1. The Balaban J connectivity index is 2.13. The summed E-state index contributed by atoms with van der Waals surface area (Å²) in [5.74, 6) is -0.0436. The molecule has 0 bridgehead atoms. The Morgan fingerprint density at radius 2 is 2.12 bits per heavy atom. The van der Waals surface area contributed by atoms with E-state index < -0.39 is 0 Å². The van der Waals surface area contributed by atoms with Crippen LogP contribution in [0.1, 0.15) is 12.8 Å². The Morgan fingerprint density at radius 3 is 3.00 bits per heavy atom. The van der Waals surface area contributed by atoms with Gasteiger partial charge in [0, 0.05) is 11.3 Å². The van der Waals surface area contributed by atoms with Gasteiger partial charge < -0.3 is 10.6 Å². The second kappa shape index (κ2) is 3.93. The van der Waals surface area contributed by atoms with Crippen LogP contribution in [0.5, 0.6) is 0 Å². The SMILES string of the molecule is O=C1Nc2cccc(Cl)c2NC2=C1CCC=C2. The van der Waals surface area contributed by atoms with Crippen molar-refractivity contribution in [1.82, 2.24) is 0 Å². The van der Waals surface area contributed by atoms with Crippen LogP contribution in [0.3, 0.4) is 0 Å². The maximum Gasteiger partial charge on any atom is 0.253 e. The number of hydrogen-bond donors (Lipinski definition) is 2. The molecule has 0 fully saturated rings. The number of carbonyl (C=O) groups is 1. The summed E-state index contributed by atoms with van der Waals surface area (Å²) in [6.07, 6.45) is 5.66. The molecule has 0 saturated carbocycles. The van der Waals surface area contributed by atoms with Crippen molar-refractivity contribution in [1.29, 1.82) is 0 Å². The zero-order valence-electron chi connectivity index (χ0n) is 9.09. The molecule has 2 N–H and O–H groups in total. The van der Waals surface area contributed by atoms with E-state index in [1.165, 1.54) is 0 Å². The van der Waals surface area contributed by atoms with E-state index in [0.717, 1.165) is 35.5 Å². The highest BCUT2D eigenvalue weighted by Gasteiger charge is 2.22. The van der Waals surface area contributed by atoms with Crippen molar-refractivity contribution in [3.05, 3.63) is 46.6 Å². The lowest BCUT2D eigenvalue weighted by molar-refractivity contribution is -0.113. The van der Waals surface area contributed by atoms with Crippen molar-refractivity contribution in [3.8, 4) is 0 Å². The molecule has 1 heterocycles. The molecule has 1 aliphatic heterocycles. The third-order valence-electron chi connectivity index (χ3n) is 2.97. The first-order valence-electron chi connectivity index (χ1n) is 5.52. The molecule has 1 aromatic rings. The molecule has 1 aliphatic carbocycles. The van der Waals surface area contributed by atoms with E-state index in [1.54, 1.807) is 6.07 Å². The fraction of sp³-hybridized carbons (Fsp3) is 0.154. The lowest BCUT2D eigenvalue weighted by atomic mass is 10.0. The number of para-hydroxylation sites is 1. The van der Waals surface area contributed by atoms with Crippen LogP contribution < -0.4 is 10.6 Å².